The molecule has 1 aromatic rings. The van der Waals surface area contributed by atoms with Gasteiger partial charge in [0.2, 0.25) is 0 Å². The highest BCUT2D eigenvalue weighted by molar-refractivity contribution is 5.95. The Morgan fingerprint density at radius 3 is 2.52 bits per heavy atom. The normalized spacial score (nSPS) is 15.1. The Bertz CT molecular complexity index is 641. The second-order valence-electron chi connectivity index (χ2n) is 7.17. The lowest BCUT2D eigenvalue weighted by atomic mass is 9.97. The lowest BCUT2D eigenvalue weighted by Crippen LogP contribution is -2.38. The molecule has 0 aromatic carbocycles. The minimum Gasteiger partial charge on any atom is -0.351 e. The van der Waals surface area contributed by atoms with Crippen LogP contribution in [0.4, 0.5) is 0 Å². The summed E-state index contributed by atoms with van der Waals surface area (Å²) in [5, 5.41) is 2.96. The van der Waals surface area contributed by atoms with Crippen LogP contribution < -0.4 is 10.7 Å². The summed E-state index contributed by atoms with van der Waals surface area (Å²) >= 11 is 0. The maximum atomic E-state index is 12.7. The SMILES string of the molecule is CCN(CC)CCNC(=O)c1c(CC2CCCC2)n(C)c(C)cc1=O. The molecule has 0 spiro atoms. The van der Waals surface area contributed by atoms with Crippen molar-refractivity contribution in [1.29, 1.82) is 0 Å². The highest BCUT2D eigenvalue weighted by Crippen LogP contribution is 2.28. The minimum absolute atomic E-state index is 0.149. The van der Waals surface area contributed by atoms with Gasteiger partial charge in [-0.15, -0.1) is 0 Å². The van der Waals surface area contributed by atoms with Crippen LogP contribution in [-0.2, 0) is 13.5 Å². The van der Waals surface area contributed by atoms with E-state index in [-0.39, 0.29) is 11.3 Å². The first-order chi connectivity index (χ1) is 12.0. The molecular weight excluding hydrogens is 314 g/mol. The molecular formula is C20H33N3O2. The van der Waals surface area contributed by atoms with E-state index >= 15 is 0 Å². The molecule has 2 rings (SSSR count). The second kappa shape index (κ2) is 9.18. The summed E-state index contributed by atoms with van der Waals surface area (Å²) in [5.74, 6) is 0.371. The highest BCUT2D eigenvalue weighted by atomic mass is 16.2. The van der Waals surface area contributed by atoms with Crippen LogP contribution in [0.15, 0.2) is 10.9 Å². The van der Waals surface area contributed by atoms with Gasteiger partial charge in [0.1, 0.15) is 5.56 Å². The van der Waals surface area contributed by atoms with E-state index in [0.29, 0.717) is 18.0 Å². The molecule has 0 bridgehead atoms. The number of likely N-dealkylation sites (N-methyl/N-ethyl adjacent to an activating group) is 1. The summed E-state index contributed by atoms with van der Waals surface area (Å²) in [7, 11) is 1.96. The zero-order valence-corrected chi connectivity index (χ0v) is 16.2. The third kappa shape index (κ3) is 4.94. The number of aryl methyl sites for hydroxylation is 1. The van der Waals surface area contributed by atoms with Gasteiger partial charge in [0.05, 0.1) is 0 Å². The molecule has 0 atom stereocenters. The van der Waals surface area contributed by atoms with E-state index in [1.807, 2.05) is 18.5 Å². The third-order valence-electron chi connectivity index (χ3n) is 5.60. The van der Waals surface area contributed by atoms with E-state index in [0.717, 1.165) is 37.4 Å². The van der Waals surface area contributed by atoms with Crippen molar-refractivity contribution in [3.63, 3.8) is 0 Å². The van der Waals surface area contributed by atoms with Gasteiger partial charge in [0.25, 0.3) is 5.91 Å². The molecule has 25 heavy (non-hydrogen) atoms. The minimum atomic E-state index is -0.222. The first-order valence-corrected chi connectivity index (χ1v) is 9.67. The fourth-order valence-corrected chi connectivity index (χ4v) is 3.81. The lowest BCUT2D eigenvalue weighted by Gasteiger charge is -2.20. The molecule has 5 heteroatoms. The standard InChI is InChI=1S/C20H33N3O2/c1-5-23(6-2)12-11-21-20(25)19-17(14-16-9-7-8-10-16)22(4)15(3)13-18(19)24/h13,16H,5-12,14H2,1-4H3,(H,21,25). The van der Waals surface area contributed by atoms with Gasteiger partial charge in [-0.3, -0.25) is 9.59 Å². The molecule has 1 aromatic heterocycles. The average Bonchev–Trinajstić information content (AvgIpc) is 3.09. The Morgan fingerprint density at radius 1 is 1.28 bits per heavy atom. The molecule has 0 aliphatic heterocycles. The number of aromatic nitrogens is 1. The first-order valence-electron chi connectivity index (χ1n) is 9.67. The molecule has 1 fully saturated rings. The van der Waals surface area contributed by atoms with Gasteiger partial charge in [-0.2, -0.15) is 0 Å². The molecule has 5 nitrogen and oxygen atoms in total. The third-order valence-corrected chi connectivity index (χ3v) is 5.60. The highest BCUT2D eigenvalue weighted by Gasteiger charge is 2.23. The van der Waals surface area contributed by atoms with Gasteiger partial charge in [0, 0.05) is 37.6 Å². The predicted octanol–water partition coefficient (Wildman–Crippen LogP) is 2.50. The van der Waals surface area contributed by atoms with Gasteiger partial charge in [-0.25, -0.2) is 0 Å². The molecule has 1 N–H and O–H groups in total. The van der Waals surface area contributed by atoms with E-state index in [2.05, 4.69) is 24.1 Å². The van der Waals surface area contributed by atoms with Crippen molar-refractivity contribution >= 4 is 5.91 Å². The molecule has 1 aliphatic carbocycles. The van der Waals surface area contributed by atoms with Crippen molar-refractivity contribution in [1.82, 2.24) is 14.8 Å². The van der Waals surface area contributed by atoms with Crippen molar-refractivity contribution in [3.8, 4) is 0 Å². The molecule has 0 unspecified atom stereocenters. The number of carbonyl (C=O) groups is 1. The van der Waals surface area contributed by atoms with E-state index in [9.17, 15) is 9.59 Å². The van der Waals surface area contributed by atoms with E-state index in [1.54, 1.807) is 6.07 Å². The first kappa shape index (κ1) is 19.7. The number of hydrogen-bond acceptors (Lipinski definition) is 3. The maximum Gasteiger partial charge on any atom is 0.257 e. The topological polar surface area (TPSA) is 54.3 Å². The Labute approximate surface area is 151 Å². The summed E-state index contributed by atoms with van der Waals surface area (Å²) in [6.45, 7) is 9.46. The molecule has 0 radical (unpaired) electrons. The fraction of sp³-hybridized carbons (Fsp3) is 0.700. The summed E-state index contributed by atoms with van der Waals surface area (Å²) in [5.41, 5.74) is 2.01. The molecule has 1 aliphatic rings. The van der Waals surface area contributed by atoms with Crippen LogP contribution in [0.2, 0.25) is 0 Å². The van der Waals surface area contributed by atoms with Crippen molar-refractivity contribution in [2.75, 3.05) is 26.2 Å². The smallest absolute Gasteiger partial charge is 0.257 e. The number of hydrogen-bond donors (Lipinski definition) is 1. The Hall–Kier alpha value is -1.62. The number of rotatable bonds is 8. The Kier molecular flexibility index (Phi) is 7.24. The van der Waals surface area contributed by atoms with Crippen molar-refractivity contribution in [2.45, 2.75) is 52.9 Å². The number of nitrogens with one attached hydrogen (secondary N) is 1. The zero-order chi connectivity index (χ0) is 18.4. The molecule has 1 saturated carbocycles. The maximum absolute atomic E-state index is 12.7. The van der Waals surface area contributed by atoms with Crippen LogP contribution in [0.1, 0.15) is 61.3 Å². The van der Waals surface area contributed by atoms with Crippen LogP contribution in [0.25, 0.3) is 0 Å². The number of amides is 1. The van der Waals surface area contributed by atoms with Gasteiger partial charge in [0.15, 0.2) is 5.43 Å². The summed E-state index contributed by atoms with van der Waals surface area (Å²) in [4.78, 5) is 27.5. The summed E-state index contributed by atoms with van der Waals surface area (Å²) in [6.07, 6.45) is 5.74. The van der Waals surface area contributed by atoms with E-state index < -0.39 is 0 Å². The average molecular weight is 348 g/mol. The van der Waals surface area contributed by atoms with E-state index in [1.165, 1.54) is 25.7 Å². The largest absolute Gasteiger partial charge is 0.351 e. The molecule has 1 amide bonds. The quantitative estimate of drug-likeness (QED) is 0.786. The van der Waals surface area contributed by atoms with Crippen molar-refractivity contribution in [3.05, 3.63) is 33.2 Å². The zero-order valence-electron chi connectivity index (χ0n) is 16.2. The van der Waals surface area contributed by atoms with Gasteiger partial charge in [-0.1, -0.05) is 39.5 Å². The summed E-state index contributed by atoms with van der Waals surface area (Å²) < 4.78 is 2.03. The number of carbonyl (C=O) groups excluding carboxylic acids is 1. The van der Waals surface area contributed by atoms with Crippen LogP contribution in [0.3, 0.4) is 0 Å². The monoisotopic (exact) mass is 347 g/mol. The predicted molar refractivity (Wildman–Crippen MR) is 102 cm³/mol. The van der Waals surface area contributed by atoms with Gasteiger partial charge >= 0.3 is 0 Å². The second-order valence-corrected chi connectivity index (χ2v) is 7.17. The van der Waals surface area contributed by atoms with Crippen LogP contribution in [-0.4, -0.2) is 41.6 Å². The fourth-order valence-electron chi connectivity index (χ4n) is 3.81. The van der Waals surface area contributed by atoms with Gasteiger partial charge < -0.3 is 14.8 Å². The molecule has 0 saturated heterocycles. The van der Waals surface area contributed by atoms with Crippen LogP contribution in [0, 0.1) is 12.8 Å². The number of pyridine rings is 1. The summed E-state index contributed by atoms with van der Waals surface area (Å²) in [6, 6.07) is 1.58. The van der Waals surface area contributed by atoms with Gasteiger partial charge in [-0.05, 0) is 32.4 Å². The van der Waals surface area contributed by atoms with Crippen molar-refractivity contribution < 1.29 is 4.79 Å². The Morgan fingerprint density at radius 2 is 1.92 bits per heavy atom. The lowest BCUT2D eigenvalue weighted by molar-refractivity contribution is 0.0945. The van der Waals surface area contributed by atoms with E-state index in [4.69, 9.17) is 0 Å². The van der Waals surface area contributed by atoms with Crippen LogP contribution in [0.5, 0.6) is 0 Å². The number of nitrogens with zero attached hydrogens (tertiary/aromatic N) is 2. The van der Waals surface area contributed by atoms with Crippen molar-refractivity contribution in [2.24, 2.45) is 13.0 Å². The molecule has 1 heterocycles. The van der Waals surface area contributed by atoms with Crippen LogP contribution >= 0.6 is 0 Å². The Balaban J connectivity index is 2.18. The molecule has 140 valence electrons.